The molecule has 7 heteroatoms. The van der Waals surface area contributed by atoms with Gasteiger partial charge in [0.15, 0.2) is 0 Å². The summed E-state index contributed by atoms with van der Waals surface area (Å²) < 4.78 is 15.4. The van der Waals surface area contributed by atoms with Gasteiger partial charge in [-0.05, 0) is 0 Å². The van der Waals surface area contributed by atoms with E-state index in [1.54, 1.807) is 0 Å². The second-order valence-corrected chi connectivity index (χ2v) is 5.60. The number of hydrogen-bond donors (Lipinski definition) is 0. The molecule has 20 heavy (non-hydrogen) atoms. The molecule has 0 saturated heterocycles. The van der Waals surface area contributed by atoms with Crippen molar-refractivity contribution in [3.05, 3.63) is 25.3 Å². The molecule has 114 valence electrons. The Morgan fingerprint density at radius 3 is 1.75 bits per heavy atom. The van der Waals surface area contributed by atoms with Gasteiger partial charge in [-0.2, -0.15) is 0 Å². The van der Waals surface area contributed by atoms with Crippen LogP contribution < -0.4 is 0 Å². The number of ether oxygens (including phenoxy) is 3. The quantitative estimate of drug-likeness (QED) is 0.251. The number of rotatable bonds is 9. The van der Waals surface area contributed by atoms with Crippen molar-refractivity contribution >= 4 is 43.8 Å². The lowest BCUT2D eigenvalue weighted by atomic mass is 9.98. The first-order valence-electron chi connectivity index (χ1n) is 5.71. The Kier molecular flexibility index (Phi) is 8.30. The van der Waals surface area contributed by atoms with Gasteiger partial charge in [-0.25, -0.2) is 9.59 Å². The Morgan fingerprint density at radius 2 is 1.45 bits per heavy atom. The summed E-state index contributed by atoms with van der Waals surface area (Å²) in [5.41, 5.74) is -0.261. The highest BCUT2D eigenvalue weighted by atomic mass is 79.9. The first-order chi connectivity index (χ1) is 9.24. The van der Waals surface area contributed by atoms with Crippen LogP contribution in [0.5, 0.6) is 0 Å². The highest BCUT2D eigenvalue weighted by Crippen LogP contribution is 2.26. The third kappa shape index (κ3) is 6.67. The predicted octanol–water partition coefficient (Wildman–Crippen LogP) is 2.93. The third-order valence-corrected chi connectivity index (χ3v) is 4.94. The Hall–Kier alpha value is -0.660. The molecule has 0 aliphatic rings. The van der Waals surface area contributed by atoms with Gasteiger partial charge in [-0.1, -0.05) is 51.9 Å². The van der Waals surface area contributed by atoms with Crippen LogP contribution in [0.1, 0.15) is 13.8 Å². The molecule has 0 radical (unpaired) electrons. The number of carbonyl (C=O) groups excluding carboxylic acids is 2. The highest BCUT2D eigenvalue weighted by Gasteiger charge is 2.36. The van der Waals surface area contributed by atoms with Crippen molar-refractivity contribution in [1.82, 2.24) is 0 Å². The largest absolute Gasteiger partial charge is 0.395 e. The number of alkyl halides is 2. The van der Waals surface area contributed by atoms with Gasteiger partial charge in [0.25, 0.3) is 0 Å². The number of hydrogen-bond acceptors (Lipinski definition) is 5. The van der Waals surface area contributed by atoms with Crippen LogP contribution in [-0.2, 0) is 23.8 Å². The predicted molar refractivity (Wildman–Crippen MR) is 82.6 cm³/mol. The number of carbonyl (C=O) groups is 2. The van der Waals surface area contributed by atoms with Gasteiger partial charge in [0.2, 0.25) is 0 Å². The molecule has 0 amide bonds. The SMILES string of the molecule is C=CC(=O)OC(C)(OCC(C)(CBr)CBr)OC(=O)C=C. The van der Waals surface area contributed by atoms with E-state index in [0.717, 1.165) is 12.2 Å². The summed E-state index contributed by atoms with van der Waals surface area (Å²) in [7, 11) is 0. The van der Waals surface area contributed by atoms with Crippen LogP contribution in [-0.4, -0.2) is 35.2 Å². The molecule has 0 atom stereocenters. The van der Waals surface area contributed by atoms with E-state index in [4.69, 9.17) is 14.2 Å². The Bertz CT molecular complexity index is 355. The second kappa shape index (κ2) is 8.59. The maximum atomic E-state index is 11.3. The normalized spacial score (nSPS) is 11.6. The first-order valence-corrected chi connectivity index (χ1v) is 7.95. The van der Waals surface area contributed by atoms with Crippen LogP contribution >= 0.6 is 31.9 Å². The van der Waals surface area contributed by atoms with E-state index in [1.807, 2.05) is 6.92 Å². The Labute approximate surface area is 135 Å². The van der Waals surface area contributed by atoms with E-state index >= 15 is 0 Å². The Balaban J connectivity index is 4.92. The first kappa shape index (κ1) is 19.3. The van der Waals surface area contributed by atoms with Crippen molar-refractivity contribution in [2.75, 3.05) is 17.3 Å². The lowest BCUT2D eigenvalue weighted by molar-refractivity contribution is -0.337. The molecule has 5 nitrogen and oxygen atoms in total. The third-order valence-electron chi connectivity index (χ3n) is 2.23. The smallest absolute Gasteiger partial charge is 0.373 e. The molecule has 0 rings (SSSR count). The van der Waals surface area contributed by atoms with Crippen molar-refractivity contribution in [3.63, 3.8) is 0 Å². The van der Waals surface area contributed by atoms with Crippen LogP contribution in [0.25, 0.3) is 0 Å². The lowest BCUT2D eigenvalue weighted by Gasteiger charge is -2.32. The van der Waals surface area contributed by atoms with Gasteiger partial charge in [-0.3, -0.25) is 0 Å². The Morgan fingerprint density at radius 1 is 1.05 bits per heavy atom. The molecular weight excluding hydrogens is 396 g/mol. The van der Waals surface area contributed by atoms with Crippen molar-refractivity contribution in [2.45, 2.75) is 19.8 Å². The summed E-state index contributed by atoms with van der Waals surface area (Å²) in [5, 5.41) is 1.29. The second-order valence-electron chi connectivity index (χ2n) is 4.48. The van der Waals surface area contributed by atoms with Crippen LogP contribution in [0.2, 0.25) is 0 Å². The zero-order chi connectivity index (χ0) is 15.8. The summed E-state index contributed by atoms with van der Waals surface area (Å²) >= 11 is 6.74. The van der Waals surface area contributed by atoms with Gasteiger partial charge in [0.1, 0.15) is 0 Å². The molecular formula is C13H18Br2O5. The topological polar surface area (TPSA) is 61.8 Å². The van der Waals surface area contributed by atoms with Crippen molar-refractivity contribution in [1.29, 1.82) is 0 Å². The van der Waals surface area contributed by atoms with Gasteiger partial charge < -0.3 is 14.2 Å². The fraction of sp³-hybridized carbons (Fsp3) is 0.538. The summed E-state index contributed by atoms with van der Waals surface area (Å²) in [5.74, 6) is -3.35. The standard InChI is InChI=1S/C13H18Br2O5/c1-5-10(16)19-13(4,20-11(17)6-2)18-9-12(3,7-14)8-15/h5-6H,1-2,7-9H2,3-4H3. The average Bonchev–Trinajstić information content (AvgIpc) is 2.44. The molecule has 0 N–H and O–H groups in total. The molecule has 0 spiro atoms. The summed E-state index contributed by atoms with van der Waals surface area (Å²) in [4.78, 5) is 22.6. The minimum Gasteiger partial charge on any atom is -0.395 e. The highest BCUT2D eigenvalue weighted by molar-refractivity contribution is 9.09. The molecule has 0 saturated carbocycles. The van der Waals surface area contributed by atoms with Crippen LogP contribution in [0.4, 0.5) is 0 Å². The van der Waals surface area contributed by atoms with Crippen molar-refractivity contribution in [3.8, 4) is 0 Å². The molecule has 0 aliphatic heterocycles. The van der Waals surface area contributed by atoms with E-state index in [2.05, 4.69) is 45.0 Å². The fourth-order valence-corrected chi connectivity index (χ4v) is 2.20. The van der Waals surface area contributed by atoms with E-state index in [9.17, 15) is 9.59 Å². The monoisotopic (exact) mass is 412 g/mol. The maximum absolute atomic E-state index is 11.3. The van der Waals surface area contributed by atoms with E-state index < -0.39 is 17.9 Å². The van der Waals surface area contributed by atoms with Gasteiger partial charge in [0.05, 0.1) is 6.61 Å². The zero-order valence-corrected chi connectivity index (χ0v) is 14.7. The maximum Gasteiger partial charge on any atom is 0.373 e. The summed E-state index contributed by atoms with van der Waals surface area (Å²) in [6.07, 6.45) is 1.91. The van der Waals surface area contributed by atoms with Gasteiger partial charge >= 0.3 is 17.9 Å². The molecule has 0 heterocycles. The van der Waals surface area contributed by atoms with Gasteiger partial charge in [-0.15, -0.1) is 0 Å². The molecule has 0 aromatic carbocycles. The zero-order valence-electron chi connectivity index (χ0n) is 11.5. The summed E-state index contributed by atoms with van der Waals surface area (Å²) in [6, 6.07) is 0. The minimum absolute atomic E-state index is 0.189. The number of halogens is 2. The van der Waals surface area contributed by atoms with Gasteiger partial charge in [0, 0.05) is 35.2 Å². The van der Waals surface area contributed by atoms with Crippen LogP contribution in [0.15, 0.2) is 25.3 Å². The summed E-state index contributed by atoms with van der Waals surface area (Å²) in [6.45, 7) is 10.0. The van der Waals surface area contributed by atoms with E-state index in [0.29, 0.717) is 10.7 Å². The lowest BCUT2D eigenvalue weighted by Crippen LogP contribution is -2.42. The number of esters is 2. The molecule has 0 bridgehead atoms. The molecule has 0 aromatic heterocycles. The molecule has 0 aliphatic carbocycles. The molecule has 0 fully saturated rings. The molecule has 0 unspecified atom stereocenters. The fourth-order valence-electron chi connectivity index (χ4n) is 0.947. The van der Waals surface area contributed by atoms with Crippen molar-refractivity contribution < 1.29 is 23.8 Å². The van der Waals surface area contributed by atoms with E-state index in [-0.39, 0.29) is 12.0 Å². The minimum atomic E-state index is -1.83. The van der Waals surface area contributed by atoms with Crippen molar-refractivity contribution in [2.24, 2.45) is 5.41 Å². The average molecular weight is 414 g/mol. The molecule has 0 aromatic rings. The van der Waals surface area contributed by atoms with Crippen LogP contribution in [0, 0.1) is 5.41 Å². The van der Waals surface area contributed by atoms with Crippen LogP contribution in [0.3, 0.4) is 0 Å². The van der Waals surface area contributed by atoms with E-state index in [1.165, 1.54) is 6.92 Å².